The van der Waals surface area contributed by atoms with E-state index in [-0.39, 0.29) is 23.7 Å². The van der Waals surface area contributed by atoms with E-state index in [1.165, 1.54) is 22.8 Å². The van der Waals surface area contributed by atoms with Gasteiger partial charge in [0.2, 0.25) is 0 Å². The van der Waals surface area contributed by atoms with E-state index in [1.807, 2.05) is 13.8 Å². The molecule has 0 aliphatic carbocycles. The average Bonchev–Trinajstić information content (AvgIpc) is 3.03. The van der Waals surface area contributed by atoms with Crippen LogP contribution in [0, 0.1) is 5.92 Å². The fourth-order valence-corrected chi connectivity index (χ4v) is 2.67. The van der Waals surface area contributed by atoms with E-state index in [0.717, 1.165) is 5.56 Å². The fraction of sp³-hybridized carbons (Fsp3) is 0.421. The van der Waals surface area contributed by atoms with Crippen LogP contribution < -0.4 is 4.74 Å². The van der Waals surface area contributed by atoms with Gasteiger partial charge < -0.3 is 14.7 Å². The first-order chi connectivity index (χ1) is 13.2. The van der Waals surface area contributed by atoms with E-state index in [1.54, 1.807) is 24.3 Å². The number of benzene rings is 1. The van der Waals surface area contributed by atoms with Crippen LogP contribution in [-0.2, 0) is 17.9 Å². The maximum absolute atomic E-state index is 13.5. The molecule has 0 bridgehead atoms. The predicted octanol–water partition coefficient (Wildman–Crippen LogP) is 3.21. The summed E-state index contributed by atoms with van der Waals surface area (Å²) in [5.41, 5.74) is 0.259. The first-order valence-electron chi connectivity index (χ1n) is 8.71. The van der Waals surface area contributed by atoms with Gasteiger partial charge in [0.15, 0.2) is 6.61 Å². The number of hydrogen-bond acceptors (Lipinski definition) is 4. The molecule has 9 heteroatoms. The minimum atomic E-state index is -2.81. The Kier molecular flexibility index (Phi) is 7.08. The second-order valence-corrected chi connectivity index (χ2v) is 6.81. The van der Waals surface area contributed by atoms with E-state index in [4.69, 9.17) is 9.84 Å². The lowest BCUT2D eigenvalue weighted by molar-refractivity contribution is -0.139. The molecular formula is C19H23F2N3O4. The number of halogens is 2. The van der Waals surface area contributed by atoms with Crippen molar-refractivity contribution in [1.29, 1.82) is 0 Å². The van der Waals surface area contributed by atoms with Crippen LogP contribution in [0.2, 0.25) is 0 Å². The second kappa shape index (κ2) is 9.29. The summed E-state index contributed by atoms with van der Waals surface area (Å²) in [5.74, 6) is -1.13. The van der Waals surface area contributed by atoms with Gasteiger partial charge in [-0.25, -0.2) is 13.6 Å². The standard InChI is InChI=1S/C19H23F2N3O4/c1-12(2)9-24-17(18(20)21)15(8-22-24)19(27)23(3)10-13-4-6-14(7-5-13)28-11-16(25)26/h4-8,12,18H,9-11H2,1-3H3,(H,25,26). The largest absolute Gasteiger partial charge is 0.482 e. The zero-order valence-electron chi connectivity index (χ0n) is 15.9. The average molecular weight is 395 g/mol. The fourth-order valence-electron chi connectivity index (χ4n) is 2.67. The molecule has 152 valence electrons. The molecule has 2 aromatic rings. The molecule has 7 nitrogen and oxygen atoms in total. The summed E-state index contributed by atoms with van der Waals surface area (Å²) in [4.78, 5) is 24.5. The zero-order chi connectivity index (χ0) is 20.8. The molecule has 1 N–H and O–H groups in total. The highest BCUT2D eigenvalue weighted by Crippen LogP contribution is 2.25. The molecular weight excluding hydrogens is 372 g/mol. The van der Waals surface area contributed by atoms with Crippen LogP contribution in [-0.4, -0.2) is 45.3 Å². The molecule has 0 atom stereocenters. The van der Waals surface area contributed by atoms with Crippen LogP contribution in [0.1, 0.15) is 41.9 Å². The maximum atomic E-state index is 13.5. The minimum Gasteiger partial charge on any atom is -0.482 e. The Labute approximate surface area is 161 Å². The van der Waals surface area contributed by atoms with Gasteiger partial charge >= 0.3 is 5.97 Å². The highest BCUT2D eigenvalue weighted by Gasteiger charge is 2.26. The van der Waals surface area contributed by atoms with Gasteiger partial charge in [0, 0.05) is 20.1 Å². The topological polar surface area (TPSA) is 84.7 Å². The number of carbonyl (C=O) groups is 2. The van der Waals surface area contributed by atoms with Gasteiger partial charge in [-0.05, 0) is 23.6 Å². The first kappa shape index (κ1) is 21.3. The molecule has 1 aromatic heterocycles. The first-order valence-corrected chi connectivity index (χ1v) is 8.71. The van der Waals surface area contributed by atoms with Crippen molar-refractivity contribution in [3.05, 3.63) is 47.3 Å². The van der Waals surface area contributed by atoms with Crippen molar-refractivity contribution in [3.63, 3.8) is 0 Å². The quantitative estimate of drug-likeness (QED) is 0.705. The summed E-state index contributed by atoms with van der Waals surface area (Å²) in [6.45, 7) is 3.81. The van der Waals surface area contributed by atoms with Crippen molar-refractivity contribution in [3.8, 4) is 5.75 Å². The number of carbonyl (C=O) groups excluding carboxylic acids is 1. The number of nitrogens with zero attached hydrogens (tertiary/aromatic N) is 3. The van der Waals surface area contributed by atoms with Gasteiger partial charge in [-0.3, -0.25) is 9.48 Å². The zero-order valence-corrected chi connectivity index (χ0v) is 15.9. The summed E-state index contributed by atoms with van der Waals surface area (Å²) < 4.78 is 33.2. The van der Waals surface area contributed by atoms with Crippen LogP contribution in [0.5, 0.6) is 5.75 Å². The number of ether oxygens (including phenoxy) is 1. The molecule has 0 aliphatic heterocycles. The normalized spacial score (nSPS) is 11.1. The molecule has 0 spiro atoms. The van der Waals surface area contributed by atoms with E-state index in [2.05, 4.69) is 5.10 Å². The number of rotatable bonds is 9. The lowest BCUT2D eigenvalue weighted by Gasteiger charge is -2.18. The molecule has 0 unspecified atom stereocenters. The smallest absolute Gasteiger partial charge is 0.341 e. The molecule has 1 aromatic carbocycles. The van der Waals surface area contributed by atoms with E-state index < -0.39 is 24.9 Å². The number of carboxylic acids is 1. The summed E-state index contributed by atoms with van der Waals surface area (Å²) >= 11 is 0. The monoisotopic (exact) mass is 395 g/mol. The van der Waals surface area contributed by atoms with Crippen LogP contribution in [0.25, 0.3) is 0 Å². The number of hydrogen-bond donors (Lipinski definition) is 1. The number of aromatic nitrogens is 2. The Hall–Kier alpha value is -2.97. The summed E-state index contributed by atoms with van der Waals surface area (Å²) in [7, 11) is 1.52. The number of aliphatic carboxylic acids is 1. The molecule has 28 heavy (non-hydrogen) atoms. The summed E-state index contributed by atoms with van der Waals surface area (Å²) in [6, 6.07) is 6.53. The van der Waals surface area contributed by atoms with Gasteiger partial charge in [0.05, 0.1) is 11.8 Å². The van der Waals surface area contributed by atoms with Crippen LogP contribution in [0.15, 0.2) is 30.5 Å². The SMILES string of the molecule is CC(C)Cn1ncc(C(=O)N(C)Cc2ccc(OCC(=O)O)cc2)c1C(F)F. The highest BCUT2D eigenvalue weighted by atomic mass is 19.3. The van der Waals surface area contributed by atoms with Crippen molar-refractivity contribution in [2.45, 2.75) is 33.4 Å². The summed E-state index contributed by atoms with van der Waals surface area (Å²) in [6.07, 6.45) is -1.62. The lowest BCUT2D eigenvalue weighted by atomic mass is 10.1. The van der Waals surface area contributed by atoms with Crippen molar-refractivity contribution >= 4 is 11.9 Å². The third-order valence-corrected chi connectivity index (χ3v) is 3.91. The van der Waals surface area contributed by atoms with Crippen molar-refractivity contribution < 1.29 is 28.2 Å². The van der Waals surface area contributed by atoms with Gasteiger partial charge in [0.25, 0.3) is 12.3 Å². The van der Waals surface area contributed by atoms with Gasteiger partial charge in [-0.2, -0.15) is 5.10 Å². The number of alkyl halides is 2. The molecule has 0 aliphatic rings. The van der Waals surface area contributed by atoms with Crippen LogP contribution in [0.3, 0.4) is 0 Å². The van der Waals surface area contributed by atoms with E-state index >= 15 is 0 Å². The molecule has 1 heterocycles. The third-order valence-electron chi connectivity index (χ3n) is 3.91. The molecule has 2 rings (SSSR count). The third kappa shape index (κ3) is 5.51. The predicted molar refractivity (Wildman–Crippen MR) is 97.4 cm³/mol. The Bertz CT molecular complexity index is 819. The molecule has 0 radical (unpaired) electrons. The van der Waals surface area contributed by atoms with Crippen LogP contribution >= 0.6 is 0 Å². The Balaban J connectivity index is 2.10. The Morgan fingerprint density at radius 3 is 2.43 bits per heavy atom. The minimum absolute atomic E-state index is 0.111. The number of carboxylic acid groups (broad SMARTS) is 1. The van der Waals surface area contributed by atoms with Crippen molar-refractivity contribution in [2.75, 3.05) is 13.7 Å². The Morgan fingerprint density at radius 1 is 1.25 bits per heavy atom. The van der Waals surface area contributed by atoms with E-state index in [0.29, 0.717) is 12.3 Å². The van der Waals surface area contributed by atoms with Crippen molar-refractivity contribution in [2.24, 2.45) is 5.92 Å². The van der Waals surface area contributed by atoms with E-state index in [9.17, 15) is 18.4 Å². The summed E-state index contributed by atoms with van der Waals surface area (Å²) in [5, 5.41) is 12.6. The molecule has 1 amide bonds. The van der Waals surface area contributed by atoms with Crippen molar-refractivity contribution in [1.82, 2.24) is 14.7 Å². The van der Waals surface area contributed by atoms with Gasteiger partial charge in [-0.1, -0.05) is 26.0 Å². The number of amides is 1. The lowest BCUT2D eigenvalue weighted by Crippen LogP contribution is -2.27. The highest BCUT2D eigenvalue weighted by molar-refractivity contribution is 5.95. The van der Waals surface area contributed by atoms with Gasteiger partial charge in [-0.15, -0.1) is 0 Å². The Morgan fingerprint density at radius 2 is 1.89 bits per heavy atom. The maximum Gasteiger partial charge on any atom is 0.341 e. The molecule has 0 saturated heterocycles. The second-order valence-electron chi connectivity index (χ2n) is 6.81. The van der Waals surface area contributed by atoms with Crippen LogP contribution in [0.4, 0.5) is 8.78 Å². The molecule has 0 fully saturated rings. The molecule has 0 saturated carbocycles. The van der Waals surface area contributed by atoms with Gasteiger partial charge in [0.1, 0.15) is 11.4 Å².